The normalized spacial score (nSPS) is 17.5. The summed E-state index contributed by atoms with van der Waals surface area (Å²) in [6, 6.07) is 0. The van der Waals surface area contributed by atoms with Gasteiger partial charge in [0.15, 0.2) is 0 Å². The fraction of sp³-hybridized carbons (Fsp3) is 0.364. The van der Waals surface area contributed by atoms with Gasteiger partial charge < -0.3 is 0 Å². The average molecular weight is 188 g/mol. The Labute approximate surface area is 85.9 Å². The monoisotopic (exact) mass is 188 g/mol. The minimum absolute atomic E-state index is 0.182. The average Bonchev–Trinajstić information content (AvgIpc) is 2.15. The largest absolute Gasteiger partial charge is 0.129 e. The fourth-order valence-electron chi connectivity index (χ4n) is 1.22. The highest BCUT2D eigenvalue weighted by molar-refractivity contribution is 8.02. The van der Waals surface area contributed by atoms with Crippen molar-refractivity contribution in [3.8, 4) is 0 Å². The predicted molar refractivity (Wildman–Crippen MR) is 62.1 cm³/mol. The zero-order valence-corrected chi connectivity index (χ0v) is 8.73. The van der Waals surface area contributed by atoms with E-state index in [2.05, 4.69) is 29.9 Å². The summed E-state index contributed by atoms with van der Waals surface area (Å²) < 4.78 is 0. The van der Waals surface area contributed by atoms with Crippen LogP contribution in [0.1, 0.15) is 13.3 Å². The molecule has 0 spiro atoms. The zero-order chi connectivity index (χ0) is 9.68. The number of hydrogen-bond acceptors (Lipinski definition) is 1. The molecule has 0 fully saturated rings. The molecule has 0 aromatic carbocycles. The molecule has 2 radical (unpaired) electrons. The molecule has 1 atom stereocenters. The van der Waals surface area contributed by atoms with Crippen LogP contribution in [0.25, 0.3) is 0 Å². The maximum atomic E-state index is 5.73. The van der Waals surface area contributed by atoms with Crippen LogP contribution in [0, 0.1) is 0 Å². The van der Waals surface area contributed by atoms with E-state index in [1.54, 1.807) is 11.8 Å². The second-order valence-electron chi connectivity index (χ2n) is 3.17. The number of hydrogen-bond donors (Lipinski definition) is 0. The summed E-state index contributed by atoms with van der Waals surface area (Å²) in [5, 5.41) is 2.09. The van der Waals surface area contributed by atoms with Crippen LogP contribution in [0.4, 0.5) is 0 Å². The van der Waals surface area contributed by atoms with Crippen molar-refractivity contribution >= 4 is 19.6 Å². The molecule has 1 unspecified atom stereocenters. The van der Waals surface area contributed by atoms with Crippen molar-refractivity contribution in [3.05, 3.63) is 41.0 Å². The first-order valence-electron chi connectivity index (χ1n) is 4.36. The molecule has 0 bridgehead atoms. The topological polar surface area (TPSA) is 0 Å². The lowest BCUT2D eigenvalue weighted by Gasteiger charge is -2.13. The Bertz CT molecular complexity index is 280. The lowest BCUT2D eigenvalue weighted by Crippen LogP contribution is -1.97. The molecule has 1 aliphatic heterocycles. The molecule has 0 saturated heterocycles. The van der Waals surface area contributed by atoms with Gasteiger partial charge in [-0.2, -0.15) is 0 Å². The molecule has 2 heteroatoms. The molecule has 1 aliphatic rings. The third-order valence-electron chi connectivity index (χ3n) is 1.84. The standard InChI is InChI=1S/C11H13BS/c1-3-10(7-9(2)12)11-5-4-6-13-8-11/h4-6,9H,1,7-8H2,2H3. The van der Waals surface area contributed by atoms with Gasteiger partial charge in [-0.15, -0.1) is 17.5 Å². The highest BCUT2D eigenvalue weighted by Gasteiger charge is 2.07. The molecule has 0 aromatic rings. The molecular weight excluding hydrogens is 175 g/mol. The highest BCUT2D eigenvalue weighted by Crippen LogP contribution is 2.25. The third kappa shape index (κ3) is 3.34. The molecule has 0 amide bonds. The van der Waals surface area contributed by atoms with Gasteiger partial charge in [-0.3, -0.25) is 0 Å². The van der Waals surface area contributed by atoms with E-state index in [1.165, 1.54) is 5.57 Å². The van der Waals surface area contributed by atoms with E-state index in [0.29, 0.717) is 0 Å². The van der Waals surface area contributed by atoms with E-state index >= 15 is 0 Å². The predicted octanol–water partition coefficient (Wildman–Crippen LogP) is 3.25. The van der Waals surface area contributed by atoms with E-state index in [4.69, 9.17) is 7.85 Å². The molecule has 1 rings (SSSR count). The summed E-state index contributed by atoms with van der Waals surface area (Å²) in [6.45, 7) is 5.70. The SMILES string of the molecule is [B]C(C)CC(=C=C)C1=CC=CSC1. The van der Waals surface area contributed by atoms with Crippen LogP contribution in [0.5, 0.6) is 0 Å². The third-order valence-corrected chi connectivity index (χ3v) is 2.67. The molecule has 0 aliphatic carbocycles. The fourth-order valence-corrected chi connectivity index (χ4v) is 1.96. The van der Waals surface area contributed by atoms with Crippen molar-refractivity contribution in [2.75, 3.05) is 5.75 Å². The van der Waals surface area contributed by atoms with Crippen LogP contribution in [0.3, 0.4) is 0 Å². The van der Waals surface area contributed by atoms with E-state index < -0.39 is 0 Å². The summed E-state index contributed by atoms with van der Waals surface area (Å²) in [5.74, 6) is 1.20. The summed E-state index contributed by atoms with van der Waals surface area (Å²) >= 11 is 1.80. The van der Waals surface area contributed by atoms with Crippen LogP contribution < -0.4 is 0 Å². The summed E-state index contributed by atoms with van der Waals surface area (Å²) in [7, 11) is 5.73. The molecule has 0 N–H and O–H groups in total. The van der Waals surface area contributed by atoms with E-state index in [-0.39, 0.29) is 5.82 Å². The Kier molecular flexibility index (Phi) is 4.21. The Morgan fingerprint density at radius 3 is 3.08 bits per heavy atom. The van der Waals surface area contributed by atoms with Crippen molar-refractivity contribution in [2.24, 2.45) is 0 Å². The van der Waals surface area contributed by atoms with Gasteiger partial charge in [0.1, 0.15) is 0 Å². The first-order chi connectivity index (χ1) is 6.24. The highest BCUT2D eigenvalue weighted by atomic mass is 32.2. The first-order valence-corrected chi connectivity index (χ1v) is 5.41. The Morgan fingerprint density at radius 2 is 2.62 bits per heavy atom. The second-order valence-corrected chi connectivity index (χ2v) is 4.06. The maximum Gasteiger partial charge on any atom is 0.0700 e. The molecule has 13 heavy (non-hydrogen) atoms. The quantitative estimate of drug-likeness (QED) is 0.483. The first kappa shape index (κ1) is 10.5. The van der Waals surface area contributed by atoms with Crippen molar-refractivity contribution < 1.29 is 0 Å². The van der Waals surface area contributed by atoms with Crippen LogP contribution in [-0.2, 0) is 0 Å². The Hall–Kier alpha value is -0.585. The minimum Gasteiger partial charge on any atom is -0.129 e. The molecule has 0 aromatic heterocycles. The van der Waals surface area contributed by atoms with Crippen LogP contribution in [-0.4, -0.2) is 13.6 Å². The molecule has 0 nitrogen and oxygen atoms in total. The molecule has 1 heterocycles. The maximum absolute atomic E-state index is 5.73. The van der Waals surface area contributed by atoms with Crippen LogP contribution in [0.15, 0.2) is 41.0 Å². The van der Waals surface area contributed by atoms with E-state index in [0.717, 1.165) is 17.7 Å². The van der Waals surface area contributed by atoms with Crippen molar-refractivity contribution in [1.29, 1.82) is 0 Å². The summed E-state index contributed by atoms with van der Waals surface area (Å²) in [6.07, 6.45) is 5.04. The summed E-state index contributed by atoms with van der Waals surface area (Å²) in [5.41, 5.74) is 5.44. The lowest BCUT2D eigenvalue weighted by molar-refractivity contribution is 0.909. The van der Waals surface area contributed by atoms with Crippen molar-refractivity contribution in [2.45, 2.75) is 19.2 Å². The number of thioether (sulfide) groups is 1. The smallest absolute Gasteiger partial charge is 0.0700 e. The van der Waals surface area contributed by atoms with Gasteiger partial charge in [-0.25, -0.2) is 0 Å². The molecule has 66 valence electrons. The minimum atomic E-state index is 0.182. The summed E-state index contributed by atoms with van der Waals surface area (Å²) in [4.78, 5) is 0. The van der Waals surface area contributed by atoms with Gasteiger partial charge in [0, 0.05) is 5.75 Å². The number of allylic oxidation sites excluding steroid dienone is 3. The Balaban J connectivity index is 2.72. The zero-order valence-electron chi connectivity index (χ0n) is 7.92. The van der Waals surface area contributed by atoms with Gasteiger partial charge in [-0.05, 0) is 23.0 Å². The Morgan fingerprint density at radius 1 is 1.85 bits per heavy atom. The second kappa shape index (κ2) is 5.21. The van der Waals surface area contributed by atoms with Crippen molar-refractivity contribution in [1.82, 2.24) is 0 Å². The van der Waals surface area contributed by atoms with E-state index in [9.17, 15) is 0 Å². The van der Waals surface area contributed by atoms with Gasteiger partial charge in [-0.1, -0.05) is 31.5 Å². The van der Waals surface area contributed by atoms with Crippen molar-refractivity contribution in [3.63, 3.8) is 0 Å². The van der Waals surface area contributed by atoms with Gasteiger partial charge >= 0.3 is 0 Å². The van der Waals surface area contributed by atoms with Gasteiger partial charge in [0.05, 0.1) is 7.85 Å². The molecular formula is C11H13BS. The van der Waals surface area contributed by atoms with Gasteiger partial charge in [0.2, 0.25) is 0 Å². The molecule has 0 saturated carbocycles. The van der Waals surface area contributed by atoms with Crippen LogP contribution in [0.2, 0.25) is 5.82 Å². The number of rotatable bonds is 3. The lowest BCUT2D eigenvalue weighted by atomic mass is 9.82. The van der Waals surface area contributed by atoms with Gasteiger partial charge in [0.25, 0.3) is 0 Å². The van der Waals surface area contributed by atoms with Crippen LogP contribution >= 0.6 is 11.8 Å². The van der Waals surface area contributed by atoms with E-state index in [1.807, 2.05) is 6.92 Å².